The highest BCUT2D eigenvalue weighted by molar-refractivity contribution is 7.99. The Morgan fingerprint density at radius 2 is 1.78 bits per heavy atom. The molecule has 162 valence electrons. The first-order valence-electron chi connectivity index (χ1n) is 9.85. The van der Waals surface area contributed by atoms with Gasteiger partial charge in [0, 0.05) is 32.5 Å². The summed E-state index contributed by atoms with van der Waals surface area (Å²) in [6, 6.07) is 15.5. The van der Waals surface area contributed by atoms with E-state index in [0.717, 1.165) is 37.9 Å². The summed E-state index contributed by atoms with van der Waals surface area (Å²) in [6.07, 6.45) is 1.51. The van der Waals surface area contributed by atoms with E-state index in [-0.39, 0.29) is 5.91 Å². The minimum absolute atomic E-state index is 0.264. The van der Waals surface area contributed by atoms with Crippen molar-refractivity contribution in [1.82, 2.24) is 9.97 Å². The molecular formula is C24H22N4O2S2. The molecule has 0 atom stereocenters. The number of aryl methyl sites for hydroxylation is 2. The Morgan fingerprint density at radius 1 is 1.06 bits per heavy atom. The minimum Gasteiger partial charge on any atom is -0.497 e. The number of amides is 1. The maximum absolute atomic E-state index is 12.5. The first-order chi connectivity index (χ1) is 15.4. The van der Waals surface area contributed by atoms with Gasteiger partial charge in [-0.25, -0.2) is 9.97 Å². The van der Waals surface area contributed by atoms with E-state index in [1.807, 2.05) is 29.6 Å². The fourth-order valence-electron chi connectivity index (χ4n) is 3.37. The largest absolute Gasteiger partial charge is 0.497 e. The summed E-state index contributed by atoms with van der Waals surface area (Å²) >= 11 is 3.10. The fourth-order valence-corrected chi connectivity index (χ4v) is 5.08. The van der Waals surface area contributed by atoms with Crippen molar-refractivity contribution in [3.8, 4) is 17.0 Å². The summed E-state index contributed by atoms with van der Waals surface area (Å²) in [7, 11) is 1.66. The molecule has 32 heavy (non-hydrogen) atoms. The number of hydrogen-bond acceptors (Lipinski definition) is 7. The lowest BCUT2D eigenvalue weighted by atomic mass is 10.0. The summed E-state index contributed by atoms with van der Waals surface area (Å²) in [4.78, 5) is 23.3. The number of thiazole rings is 1. The molecule has 0 bridgehead atoms. The summed E-state index contributed by atoms with van der Waals surface area (Å²) < 4.78 is 5.23. The zero-order valence-electron chi connectivity index (χ0n) is 17.9. The van der Waals surface area contributed by atoms with Crippen molar-refractivity contribution in [2.24, 2.45) is 0 Å². The lowest BCUT2D eigenvalue weighted by Gasteiger charge is -2.11. The van der Waals surface area contributed by atoms with E-state index in [2.05, 4.69) is 41.3 Å². The molecule has 2 heterocycles. The Balaban J connectivity index is 1.52. The Hall–Kier alpha value is -3.36. The molecule has 1 amide bonds. The Morgan fingerprint density at radius 3 is 2.44 bits per heavy atom. The summed E-state index contributed by atoms with van der Waals surface area (Å²) in [5, 5.41) is 5.34. The van der Waals surface area contributed by atoms with Gasteiger partial charge in [0.1, 0.15) is 11.6 Å². The molecule has 3 N–H and O–H groups in total. The number of hydrogen-bond donors (Lipinski definition) is 2. The average Bonchev–Trinajstić information content (AvgIpc) is 3.21. The molecule has 0 unspecified atom stereocenters. The topological polar surface area (TPSA) is 90.1 Å². The standard InChI is InChI=1S/C24H22N4O2S2/c1-14-10-19(32-18-6-4-17(30-3)5-7-18)11-15(2)22(14)20-13-31-24(27-20)28-23(29)16-8-9-26-21(25)12-16/h4-13H,1-3H3,(H2,25,26)(H,27,28,29). The molecule has 0 radical (unpaired) electrons. The quantitative estimate of drug-likeness (QED) is 0.375. The van der Waals surface area contributed by atoms with Gasteiger partial charge >= 0.3 is 0 Å². The van der Waals surface area contributed by atoms with E-state index in [0.29, 0.717) is 16.5 Å². The van der Waals surface area contributed by atoms with Crippen LogP contribution in [0.1, 0.15) is 21.5 Å². The van der Waals surface area contributed by atoms with Gasteiger partial charge in [-0.1, -0.05) is 11.8 Å². The zero-order chi connectivity index (χ0) is 22.7. The van der Waals surface area contributed by atoms with Crippen molar-refractivity contribution in [1.29, 1.82) is 0 Å². The lowest BCUT2D eigenvalue weighted by molar-refractivity contribution is 0.102. The van der Waals surface area contributed by atoms with Crippen LogP contribution in [0.2, 0.25) is 0 Å². The van der Waals surface area contributed by atoms with Gasteiger partial charge < -0.3 is 10.5 Å². The van der Waals surface area contributed by atoms with Gasteiger partial charge in [0.25, 0.3) is 5.91 Å². The fraction of sp³-hybridized carbons (Fsp3) is 0.125. The molecule has 0 fully saturated rings. The summed E-state index contributed by atoms with van der Waals surface area (Å²) in [6.45, 7) is 4.16. The zero-order valence-corrected chi connectivity index (χ0v) is 19.5. The molecule has 0 spiro atoms. The maximum atomic E-state index is 12.5. The van der Waals surface area contributed by atoms with Crippen molar-refractivity contribution in [3.63, 3.8) is 0 Å². The average molecular weight is 463 g/mol. The molecule has 0 saturated carbocycles. The van der Waals surface area contributed by atoms with Gasteiger partial charge in [0.05, 0.1) is 12.8 Å². The molecule has 0 aliphatic rings. The highest BCUT2D eigenvalue weighted by atomic mass is 32.2. The number of nitrogens with two attached hydrogens (primary N) is 1. The molecular weight excluding hydrogens is 440 g/mol. The van der Waals surface area contributed by atoms with Gasteiger partial charge in [0.15, 0.2) is 5.13 Å². The van der Waals surface area contributed by atoms with Gasteiger partial charge in [0.2, 0.25) is 0 Å². The summed E-state index contributed by atoms with van der Waals surface area (Å²) in [5.74, 6) is 0.881. The lowest BCUT2D eigenvalue weighted by Crippen LogP contribution is -2.12. The predicted octanol–water partition coefficient (Wildman–Crippen LogP) is 5.82. The Bertz CT molecular complexity index is 1250. The minimum atomic E-state index is -0.264. The van der Waals surface area contributed by atoms with Crippen molar-refractivity contribution in [2.45, 2.75) is 23.6 Å². The number of carbonyl (C=O) groups excluding carboxylic acids is 1. The van der Waals surface area contributed by atoms with Crippen LogP contribution in [0.15, 0.2) is 69.9 Å². The number of methoxy groups -OCH3 is 1. The highest BCUT2D eigenvalue weighted by Crippen LogP contribution is 2.36. The number of anilines is 2. The van der Waals surface area contributed by atoms with E-state index in [1.54, 1.807) is 24.9 Å². The van der Waals surface area contributed by atoms with E-state index in [9.17, 15) is 4.79 Å². The smallest absolute Gasteiger partial charge is 0.257 e. The molecule has 2 aromatic heterocycles. The second-order valence-corrected chi connectivity index (χ2v) is 9.18. The molecule has 4 aromatic rings. The number of nitrogens with one attached hydrogen (secondary N) is 1. The molecule has 6 nitrogen and oxygen atoms in total. The second-order valence-electron chi connectivity index (χ2n) is 7.17. The number of nitrogen functional groups attached to an aromatic ring is 1. The van der Waals surface area contributed by atoms with E-state index in [1.165, 1.54) is 23.6 Å². The van der Waals surface area contributed by atoms with Crippen LogP contribution in [0, 0.1) is 13.8 Å². The Kier molecular flexibility index (Phi) is 6.43. The number of nitrogens with zero attached hydrogens (tertiary/aromatic N) is 2. The number of ether oxygens (including phenoxy) is 1. The molecule has 4 rings (SSSR count). The van der Waals surface area contributed by atoms with Crippen LogP contribution in [-0.4, -0.2) is 23.0 Å². The van der Waals surface area contributed by atoms with E-state index < -0.39 is 0 Å². The van der Waals surface area contributed by atoms with Gasteiger partial charge in [-0.05, 0) is 73.5 Å². The number of aromatic nitrogens is 2. The van der Waals surface area contributed by atoms with E-state index in [4.69, 9.17) is 10.5 Å². The summed E-state index contributed by atoms with van der Waals surface area (Å²) in [5.41, 5.74) is 10.3. The predicted molar refractivity (Wildman–Crippen MR) is 131 cm³/mol. The first kappa shape index (κ1) is 21.9. The third-order valence-electron chi connectivity index (χ3n) is 4.83. The van der Waals surface area contributed by atoms with Crippen LogP contribution < -0.4 is 15.8 Å². The maximum Gasteiger partial charge on any atom is 0.257 e. The number of carbonyl (C=O) groups is 1. The van der Waals surface area contributed by atoms with Gasteiger partial charge in [-0.3, -0.25) is 10.1 Å². The number of benzene rings is 2. The van der Waals surface area contributed by atoms with Crippen molar-refractivity contribution < 1.29 is 9.53 Å². The molecule has 0 aliphatic carbocycles. The molecule has 8 heteroatoms. The van der Waals surface area contributed by atoms with Crippen LogP contribution in [0.25, 0.3) is 11.3 Å². The molecule has 0 aliphatic heterocycles. The molecule has 0 saturated heterocycles. The van der Waals surface area contributed by atoms with Gasteiger partial charge in [-0.2, -0.15) is 0 Å². The third kappa shape index (κ3) is 4.92. The van der Waals surface area contributed by atoms with Crippen LogP contribution in [0.4, 0.5) is 10.9 Å². The second kappa shape index (κ2) is 9.42. The van der Waals surface area contributed by atoms with Crippen molar-refractivity contribution >= 4 is 40.0 Å². The van der Waals surface area contributed by atoms with Gasteiger partial charge in [-0.15, -0.1) is 11.3 Å². The van der Waals surface area contributed by atoms with Crippen molar-refractivity contribution in [3.05, 3.63) is 76.8 Å². The normalized spacial score (nSPS) is 10.7. The van der Waals surface area contributed by atoms with Crippen molar-refractivity contribution in [2.75, 3.05) is 18.2 Å². The SMILES string of the molecule is COc1ccc(Sc2cc(C)c(-c3csc(NC(=O)c4ccnc(N)c4)n3)c(C)c2)cc1. The first-order valence-corrected chi connectivity index (χ1v) is 11.5. The van der Waals surface area contributed by atoms with E-state index >= 15 is 0 Å². The van der Waals surface area contributed by atoms with Crippen LogP contribution in [0.5, 0.6) is 5.75 Å². The highest BCUT2D eigenvalue weighted by Gasteiger charge is 2.14. The number of rotatable bonds is 6. The molecule has 2 aromatic carbocycles. The van der Waals surface area contributed by atoms with Crippen LogP contribution >= 0.6 is 23.1 Å². The monoisotopic (exact) mass is 462 g/mol. The number of pyridine rings is 1. The van der Waals surface area contributed by atoms with Crippen LogP contribution in [0.3, 0.4) is 0 Å². The Labute approximate surface area is 194 Å². The van der Waals surface area contributed by atoms with Crippen LogP contribution in [-0.2, 0) is 0 Å². The third-order valence-corrected chi connectivity index (χ3v) is 6.56.